The van der Waals surface area contributed by atoms with E-state index in [-0.39, 0.29) is 5.92 Å². The Kier molecular flexibility index (Phi) is 2.14. The highest BCUT2D eigenvalue weighted by atomic mass is 16.5. The Labute approximate surface area is 77.3 Å². The van der Waals surface area contributed by atoms with Crippen molar-refractivity contribution in [3.05, 3.63) is 24.2 Å². The van der Waals surface area contributed by atoms with Crippen LogP contribution in [0, 0.1) is 5.92 Å². The van der Waals surface area contributed by atoms with Crippen LogP contribution < -0.4 is 0 Å². The van der Waals surface area contributed by atoms with Gasteiger partial charge < -0.3 is 14.3 Å². The summed E-state index contributed by atoms with van der Waals surface area (Å²) in [6.07, 6.45) is 2.48. The van der Waals surface area contributed by atoms with E-state index in [4.69, 9.17) is 9.15 Å². The van der Waals surface area contributed by atoms with E-state index in [0.717, 1.165) is 13.0 Å². The van der Waals surface area contributed by atoms with E-state index < -0.39 is 5.60 Å². The molecule has 1 aliphatic heterocycles. The largest absolute Gasteiger partial charge is 0.466 e. The van der Waals surface area contributed by atoms with Gasteiger partial charge in [0.2, 0.25) is 0 Å². The molecule has 1 aromatic heterocycles. The van der Waals surface area contributed by atoms with Crippen molar-refractivity contribution in [2.45, 2.75) is 18.9 Å². The average Bonchev–Trinajstić information content (AvgIpc) is 2.78. The summed E-state index contributed by atoms with van der Waals surface area (Å²) in [6, 6.07) is 3.60. The van der Waals surface area contributed by atoms with Crippen LogP contribution in [0.5, 0.6) is 0 Å². The molecular weight excluding hydrogens is 168 g/mol. The van der Waals surface area contributed by atoms with Crippen LogP contribution in [-0.4, -0.2) is 18.3 Å². The van der Waals surface area contributed by atoms with Crippen molar-refractivity contribution in [2.75, 3.05) is 13.2 Å². The van der Waals surface area contributed by atoms with Crippen molar-refractivity contribution in [1.82, 2.24) is 0 Å². The van der Waals surface area contributed by atoms with E-state index in [1.165, 1.54) is 0 Å². The minimum Gasteiger partial charge on any atom is -0.466 e. The molecule has 0 aromatic carbocycles. The molecule has 1 aromatic rings. The van der Waals surface area contributed by atoms with Crippen LogP contribution in [0.15, 0.2) is 22.8 Å². The standard InChI is InChI=1S/C10H14O3/c1-10(11,8-4-6-12-7-8)9-3-2-5-13-9/h2-3,5,8,11H,4,6-7H2,1H3. The van der Waals surface area contributed by atoms with Crippen molar-refractivity contribution in [3.8, 4) is 0 Å². The number of ether oxygens (including phenoxy) is 1. The zero-order valence-corrected chi connectivity index (χ0v) is 7.69. The second-order valence-electron chi connectivity index (χ2n) is 3.69. The molecule has 0 radical (unpaired) electrons. The van der Waals surface area contributed by atoms with Crippen molar-refractivity contribution >= 4 is 0 Å². The highest BCUT2D eigenvalue weighted by molar-refractivity contribution is 5.10. The second kappa shape index (κ2) is 3.16. The summed E-state index contributed by atoms with van der Waals surface area (Å²) in [5, 5.41) is 10.2. The Morgan fingerprint density at radius 2 is 2.46 bits per heavy atom. The first-order chi connectivity index (χ1) is 6.21. The summed E-state index contributed by atoms with van der Waals surface area (Å²) in [5.41, 5.74) is -0.889. The van der Waals surface area contributed by atoms with Gasteiger partial charge in [-0.25, -0.2) is 0 Å². The summed E-state index contributed by atoms with van der Waals surface area (Å²) in [4.78, 5) is 0. The predicted octanol–water partition coefficient (Wildman–Crippen LogP) is 1.52. The van der Waals surface area contributed by atoms with Crippen LogP contribution in [0.3, 0.4) is 0 Å². The van der Waals surface area contributed by atoms with Crippen LogP contribution in [0.2, 0.25) is 0 Å². The molecule has 3 nitrogen and oxygen atoms in total. The molecule has 2 heterocycles. The number of hydrogen-bond donors (Lipinski definition) is 1. The molecule has 72 valence electrons. The van der Waals surface area contributed by atoms with Gasteiger partial charge in [0.25, 0.3) is 0 Å². The molecule has 1 aliphatic rings. The quantitative estimate of drug-likeness (QED) is 0.754. The molecule has 2 atom stereocenters. The van der Waals surface area contributed by atoms with Crippen molar-refractivity contribution < 1.29 is 14.3 Å². The molecule has 0 amide bonds. The fourth-order valence-electron chi connectivity index (χ4n) is 1.75. The highest BCUT2D eigenvalue weighted by Crippen LogP contribution is 2.34. The SMILES string of the molecule is CC(O)(c1ccco1)C1CCOC1. The maximum absolute atomic E-state index is 10.2. The van der Waals surface area contributed by atoms with E-state index in [1.807, 2.05) is 0 Å². The van der Waals surface area contributed by atoms with Gasteiger partial charge in [0.1, 0.15) is 11.4 Å². The maximum Gasteiger partial charge on any atom is 0.135 e. The first kappa shape index (κ1) is 8.78. The molecule has 2 rings (SSSR count). The smallest absolute Gasteiger partial charge is 0.135 e. The van der Waals surface area contributed by atoms with Gasteiger partial charge in [0, 0.05) is 12.5 Å². The molecule has 2 unspecified atom stereocenters. The maximum atomic E-state index is 10.2. The predicted molar refractivity (Wildman–Crippen MR) is 47.2 cm³/mol. The Morgan fingerprint density at radius 3 is 3.00 bits per heavy atom. The molecule has 13 heavy (non-hydrogen) atoms. The van der Waals surface area contributed by atoms with E-state index in [9.17, 15) is 5.11 Å². The number of aliphatic hydroxyl groups is 1. The van der Waals surface area contributed by atoms with Crippen LogP contribution in [-0.2, 0) is 10.3 Å². The lowest BCUT2D eigenvalue weighted by molar-refractivity contribution is -0.0277. The third-order valence-corrected chi connectivity index (χ3v) is 2.74. The van der Waals surface area contributed by atoms with Gasteiger partial charge >= 0.3 is 0 Å². The summed E-state index contributed by atoms with van der Waals surface area (Å²) in [5.74, 6) is 0.779. The molecular formula is C10H14O3. The summed E-state index contributed by atoms with van der Waals surface area (Å²) < 4.78 is 10.4. The van der Waals surface area contributed by atoms with Gasteiger partial charge in [-0.1, -0.05) is 0 Å². The lowest BCUT2D eigenvalue weighted by Gasteiger charge is -2.26. The molecule has 1 saturated heterocycles. The van der Waals surface area contributed by atoms with Gasteiger partial charge in [-0.2, -0.15) is 0 Å². The second-order valence-corrected chi connectivity index (χ2v) is 3.69. The Balaban J connectivity index is 2.19. The summed E-state index contributed by atoms with van der Waals surface area (Å²) >= 11 is 0. The zero-order valence-electron chi connectivity index (χ0n) is 7.69. The van der Waals surface area contributed by atoms with Crippen LogP contribution in [0.1, 0.15) is 19.1 Å². The molecule has 0 aliphatic carbocycles. The fraction of sp³-hybridized carbons (Fsp3) is 0.600. The fourth-order valence-corrected chi connectivity index (χ4v) is 1.75. The van der Waals surface area contributed by atoms with Gasteiger partial charge in [-0.3, -0.25) is 0 Å². The molecule has 0 spiro atoms. The minimum atomic E-state index is -0.889. The topological polar surface area (TPSA) is 42.6 Å². The molecule has 1 fully saturated rings. The van der Waals surface area contributed by atoms with Crippen LogP contribution in [0.25, 0.3) is 0 Å². The van der Waals surface area contributed by atoms with Gasteiger partial charge in [0.15, 0.2) is 0 Å². The lowest BCUT2D eigenvalue weighted by Crippen LogP contribution is -2.31. The summed E-state index contributed by atoms with van der Waals surface area (Å²) in [7, 11) is 0. The van der Waals surface area contributed by atoms with E-state index in [2.05, 4.69) is 0 Å². The molecule has 0 bridgehead atoms. The van der Waals surface area contributed by atoms with Crippen LogP contribution in [0.4, 0.5) is 0 Å². The Morgan fingerprint density at radius 1 is 1.62 bits per heavy atom. The van der Waals surface area contributed by atoms with E-state index >= 15 is 0 Å². The first-order valence-electron chi connectivity index (χ1n) is 4.55. The number of hydrogen-bond acceptors (Lipinski definition) is 3. The Hall–Kier alpha value is -0.800. The third-order valence-electron chi connectivity index (χ3n) is 2.74. The summed E-state index contributed by atoms with van der Waals surface area (Å²) in [6.45, 7) is 3.14. The van der Waals surface area contributed by atoms with E-state index in [1.54, 1.807) is 25.3 Å². The monoisotopic (exact) mass is 182 g/mol. The normalized spacial score (nSPS) is 27.4. The van der Waals surface area contributed by atoms with Gasteiger partial charge in [0.05, 0.1) is 12.9 Å². The van der Waals surface area contributed by atoms with Crippen molar-refractivity contribution in [2.24, 2.45) is 5.92 Å². The third kappa shape index (κ3) is 1.49. The lowest BCUT2D eigenvalue weighted by atomic mass is 9.86. The highest BCUT2D eigenvalue weighted by Gasteiger charge is 2.38. The number of furan rings is 1. The molecule has 3 heteroatoms. The van der Waals surface area contributed by atoms with Crippen molar-refractivity contribution in [3.63, 3.8) is 0 Å². The minimum absolute atomic E-state index is 0.152. The van der Waals surface area contributed by atoms with Crippen LogP contribution >= 0.6 is 0 Å². The average molecular weight is 182 g/mol. The first-order valence-corrected chi connectivity index (χ1v) is 4.55. The van der Waals surface area contributed by atoms with Crippen molar-refractivity contribution in [1.29, 1.82) is 0 Å². The van der Waals surface area contributed by atoms with E-state index in [0.29, 0.717) is 12.4 Å². The molecule has 0 saturated carbocycles. The van der Waals surface area contributed by atoms with Gasteiger partial charge in [-0.05, 0) is 25.5 Å². The Bertz CT molecular complexity index is 258. The number of rotatable bonds is 2. The zero-order chi connectivity index (χ0) is 9.31. The van der Waals surface area contributed by atoms with Gasteiger partial charge in [-0.15, -0.1) is 0 Å². The molecule has 1 N–H and O–H groups in total.